The van der Waals surface area contributed by atoms with Gasteiger partial charge in [-0.05, 0) is 43.4 Å². The summed E-state index contributed by atoms with van der Waals surface area (Å²) in [6, 6.07) is 6.19. The van der Waals surface area contributed by atoms with Gasteiger partial charge in [-0.1, -0.05) is 0 Å². The summed E-state index contributed by atoms with van der Waals surface area (Å²) in [5, 5.41) is 17.6. The molecule has 0 amide bonds. The van der Waals surface area contributed by atoms with Crippen LogP contribution in [-0.2, 0) is 4.79 Å². The van der Waals surface area contributed by atoms with Crippen molar-refractivity contribution in [3.63, 3.8) is 0 Å². The molecule has 0 aliphatic rings. The molecule has 100 valence electrons. The topological polar surface area (TPSA) is 83.0 Å². The molecular weight excluding hydrogens is 266 g/mol. The second-order valence-electron chi connectivity index (χ2n) is 3.95. The zero-order valence-corrected chi connectivity index (χ0v) is 11.2. The van der Waals surface area contributed by atoms with E-state index in [1.54, 1.807) is 31.4 Å². The number of carboxylic acids is 1. The minimum absolute atomic E-state index is 0.238. The van der Waals surface area contributed by atoms with Crippen LogP contribution >= 0.6 is 12.2 Å². The second-order valence-corrected chi connectivity index (χ2v) is 4.33. The van der Waals surface area contributed by atoms with Crippen molar-refractivity contribution < 1.29 is 14.6 Å². The Labute approximate surface area is 114 Å². The number of hydrogen-bond acceptors (Lipinski definition) is 5. The number of benzene rings is 1. The number of aliphatic carboxylic acids is 1. The second kappa shape index (κ2) is 5.23. The Morgan fingerprint density at radius 3 is 2.63 bits per heavy atom. The summed E-state index contributed by atoms with van der Waals surface area (Å²) in [5.41, 5.74) is 0.737. The number of ether oxygens (including phenoxy) is 1. The lowest BCUT2D eigenvalue weighted by molar-refractivity contribution is -0.309. The van der Waals surface area contributed by atoms with Gasteiger partial charge in [-0.15, -0.1) is 0 Å². The zero-order chi connectivity index (χ0) is 14.0. The van der Waals surface area contributed by atoms with Gasteiger partial charge in [0, 0.05) is 5.56 Å². The quantitative estimate of drug-likeness (QED) is 0.841. The highest BCUT2D eigenvalue weighted by molar-refractivity contribution is 7.71. The first-order valence-corrected chi connectivity index (χ1v) is 5.97. The molecule has 0 unspecified atom stereocenters. The van der Waals surface area contributed by atoms with Gasteiger partial charge < -0.3 is 14.6 Å². The molecule has 1 atom stereocenters. The lowest BCUT2D eigenvalue weighted by atomic mass is 10.2. The summed E-state index contributed by atoms with van der Waals surface area (Å²) in [6.45, 7) is 1.49. The van der Waals surface area contributed by atoms with Gasteiger partial charge in [0.15, 0.2) is 10.6 Å². The van der Waals surface area contributed by atoms with Crippen molar-refractivity contribution >= 4 is 18.2 Å². The number of methoxy groups -OCH3 is 1. The summed E-state index contributed by atoms with van der Waals surface area (Å²) >= 11 is 5.05. The zero-order valence-electron chi connectivity index (χ0n) is 10.4. The van der Waals surface area contributed by atoms with E-state index in [-0.39, 0.29) is 4.77 Å². The normalized spacial score (nSPS) is 12.1. The summed E-state index contributed by atoms with van der Waals surface area (Å²) in [5.74, 6) is -0.0611. The van der Waals surface area contributed by atoms with E-state index in [4.69, 9.17) is 17.0 Å². The van der Waals surface area contributed by atoms with Crippen molar-refractivity contribution in [3.8, 4) is 17.1 Å². The largest absolute Gasteiger partial charge is 0.548 e. The first kappa shape index (κ1) is 13.3. The Balaban J connectivity index is 2.50. The molecule has 7 heteroatoms. The number of rotatable bonds is 4. The fraction of sp³-hybridized carbons (Fsp3) is 0.250. The van der Waals surface area contributed by atoms with Crippen LogP contribution in [0.2, 0.25) is 0 Å². The third-order valence-electron chi connectivity index (χ3n) is 2.78. The minimum atomic E-state index is -1.22. The van der Waals surface area contributed by atoms with E-state index in [1.165, 1.54) is 11.5 Å². The highest BCUT2D eigenvalue weighted by Gasteiger charge is 2.15. The lowest BCUT2D eigenvalue weighted by Gasteiger charge is -2.16. The molecule has 0 radical (unpaired) electrons. The van der Waals surface area contributed by atoms with E-state index in [9.17, 15) is 9.90 Å². The Kier molecular flexibility index (Phi) is 3.66. The number of carboxylic acid groups (broad SMARTS) is 1. The maximum absolute atomic E-state index is 11.0. The molecule has 0 aliphatic carbocycles. The van der Waals surface area contributed by atoms with Gasteiger partial charge in [0.05, 0.1) is 19.1 Å². The highest BCUT2D eigenvalue weighted by Crippen LogP contribution is 2.23. The molecule has 0 saturated heterocycles. The van der Waals surface area contributed by atoms with Crippen LogP contribution in [0.5, 0.6) is 5.75 Å². The van der Waals surface area contributed by atoms with Gasteiger partial charge in [0.25, 0.3) is 0 Å². The van der Waals surface area contributed by atoms with Crippen LogP contribution < -0.4 is 9.84 Å². The third kappa shape index (κ3) is 2.50. The summed E-state index contributed by atoms with van der Waals surface area (Å²) in [7, 11) is 1.57. The number of carbonyl (C=O) groups is 1. The van der Waals surface area contributed by atoms with Crippen LogP contribution in [0.1, 0.15) is 13.0 Å². The van der Waals surface area contributed by atoms with E-state index in [1.807, 2.05) is 0 Å². The van der Waals surface area contributed by atoms with Gasteiger partial charge in [-0.2, -0.15) is 5.10 Å². The van der Waals surface area contributed by atoms with Gasteiger partial charge in [0.1, 0.15) is 5.75 Å². The van der Waals surface area contributed by atoms with Crippen LogP contribution in [0.25, 0.3) is 11.4 Å². The Morgan fingerprint density at radius 2 is 2.11 bits per heavy atom. The fourth-order valence-corrected chi connectivity index (χ4v) is 2.00. The summed E-state index contributed by atoms with van der Waals surface area (Å²) < 4.78 is 6.71. The predicted octanol–water partition coefficient (Wildman–Crippen LogP) is 0.927. The van der Waals surface area contributed by atoms with Crippen molar-refractivity contribution in [2.75, 3.05) is 7.11 Å². The van der Waals surface area contributed by atoms with E-state index < -0.39 is 12.0 Å². The van der Waals surface area contributed by atoms with Crippen LogP contribution in [0.4, 0.5) is 0 Å². The van der Waals surface area contributed by atoms with Gasteiger partial charge in [-0.25, -0.2) is 0 Å². The van der Waals surface area contributed by atoms with Gasteiger partial charge in [0.2, 0.25) is 0 Å². The molecule has 1 heterocycles. The van der Waals surface area contributed by atoms with Crippen LogP contribution in [-0.4, -0.2) is 27.8 Å². The number of H-pyrrole nitrogens is 1. The number of nitrogens with one attached hydrogen (secondary N) is 1. The van der Waals surface area contributed by atoms with Crippen molar-refractivity contribution in [2.45, 2.75) is 13.0 Å². The van der Waals surface area contributed by atoms with Gasteiger partial charge >= 0.3 is 0 Å². The minimum Gasteiger partial charge on any atom is -0.548 e. The Hall–Kier alpha value is -2.15. The third-order valence-corrected chi connectivity index (χ3v) is 3.07. The van der Waals surface area contributed by atoms with Crippen LogP contribution in [0.3, 0.4) is 0 Å². The van der Waals surface area contributed by atoms with Crippen molar-refractivity contribution in [2.24, 2.45) is 0 Å². The van der Waals surface area contributed by atoms with Crippen molar-refractivity contribution in [3.05, 3.63) is 29.0 Å². The standard InChI is InChI=1S/C12H13N3O3S/c1-7(11(16)17)15-10(13-14-12(15)19)8-3-5-9(18-2)6-4-8/h3-7H,1-2H3,(H,14,19)(H,16,17)/p-1/t7-/m1/s1. The molecule has 0 fully saturated rings. The molecule has 6 nitrogen and oxygen atoms in total. The molecule has 2 rings (SSSR count). The molecule has 0 aliphatic heterocycles. The van der Waals surface area contributed by atoms with E-state index in [0.29, 0.717) is 11.6 Å². The lowest BCUT2D eigenvalue weighted by Crippen LogP contribution is -2.31. The van der Waals surface area contributed by atoms with E-state index >= 15 is 0 Å². The monoisotopic (exact) mass is 278 g/mol. The molecular formula is C12H12N3O3S-. The molecule has 1 aromatic heterocycles. The van der Waals surface area contributed by atoms with Crippen molar-refractivity contribution in [1.29, 1.82) is 0 Å². The highest BCUT2D eigenvalue weighted by atomic mass is 32.1. The number of hydrogen-bond donors (Lipinski definition) is 1. The van der Waals surface area contributed by atoms with E-state index in [2.05, 4.69) is 10.2 Å². The Morgan fingerprint density at radius 1 is 1.47 bits per heavy atom. The predicted molar refractivity (Wildman–Crippen MR) is 69.1 cm³/mol. The number of aromatic nitrogens is 3. The molecule has 0 bridgehead atoms. The first-order valence-electron chi connectivity index (χ1n) is 5.56. The van der Waals surface area contributed by atoms with Crippen LogP contribution in [0.15, 0.2) is 24.3 Å². The molecule has 1 N–H and O–H groups in total. The first-order chi connectivity index (χ1) is 9.04. The molecule has 0 saturated carbocycles. The van der Waals surface area contributed by atoms with Crippen molar-refractivity contribution in [1.82, 2.24) is 14.8 Å². The maximum atomic E-state index is 11.0. The maximum Gasteiger partial charge on any atom is 0.196 e. The molecule has 2 aromatic rings. The summed E-state index contributed by atoms with van der Waals surface area (Å²) in [4.78, 5) is 11.0. The number of aromatic amines is 1. The van der Waals surface area contributed by atoms with Gasteiger partial charge in [-0.3, -0.25) is 9.67 Å². The average Bonchev–Trinajstić information content (AvgIpc) is 2.79. The molecule has 19 heavy (non-hydrogen) atoms. The summed E-state index contributed by atoms with van der Waals surface area (Å²) in [6.07, 6.45) is 0. The Bertz CT molecular complexity index is 645. The van der Waals surface area contributed by atoms with E-state index in [0.717, 1.165) is 5.56 Å². The fourth-order valence-electron chi connectivity index (χ4n) is 1.71. The van der Waals surface area contributed by atoms with Crippen LogP contribution in [0, 0.1) is 4.77 Å². The molecule has 0 spiro atoms. The SMILES string of the molecule is COc1ccc(-c2n[nH]c(=S)n2[C@H](C)C(=O)[O-])cc1. The molecule has 1 aromatic carbocycles. The smallest absolute Gasteiger partial charge is 0.196 e. The average molecular weight is 278 g/mol. The number of carbonyl (C=O) groups excluding carboxylic acids is 1. The number of nitrogens with zero attached hydrogens (tertiary/aromatic N) is 2.